The Labute approximate surface area is 110 Å². The van der Waals surface area contributed by atoms with Crippen LogP contribution < -0.4 is 0 Å². The fourth-order valence-electron chi connectivity index (χ4n) is 3.42. The molecule has 2 heteroatoms. The molecule has 0 N–H and O–H groups in total. The standard InChI is InChI=1S/C16H26F2/c1-11-3-7-13(8-4-11)15(17)16(18)14-9-5-12(2)6-10-14/h11-14H,3-10H2,1-2H3/b16-15-. The van der Waals surface area contributed by atoms with Crippen molar-refractivity contribution in [1.29, 1.82) is 0 Å². The summed E-state index contributed by atoms with van der Waals surface area (Å²) in [5.74, 6) is 0.323. The number of rotatable bonds is 2. The second-order valence-electron chi connectivity index (χ2n) is 6.61. The van der Waals surface area contributed by atoms with Crippen LogP contribution in [0.4, 0.5) is 8.78 Å². The first kappa shape index (κ1) is 14.0. The van der Waals surface area contributed by atoms with Crippen LogP contribution in [0.3, 0.4) is 0 Å². The van der Waals surface area contributed by atoms with Gasteiger partial charge in [0.05, 0.1) is 0 Å². The highest BCUT2D eigenvalue weighted by molar-refractivity contribution is 5.09. The molecule has 2 fully saturated rings. The number of halogens is 2. The minimum Gasteiger partial charge on any atom is -0.209 e. The molecule has 0 saturated heterocycles. The van der Waals surface area contributed by atoms with E-state index in [1.54, 1.807) is 0 Å². The quantitative estimate of drug-likeness (QED) is 0.586. The molecule has 0 amide bonds. The minimum absolute atomic E-state index is 0.124. The van der Waals surface area contributed by atoms with Crippen molar-refractivity contribution in [3.63, 3.8) is 0 Å². The van der Waals surface area contributed by atoms with Crippen LogP contribution in [0, 0.1) is 23.7 Å². The van der Waals surface area contributed by atoms with Crippen molar-refractivity contribution in [2.45, 2.75) is 65.2 Å². The topological polar surface area (TPSA) is 0 Å². The highest BCUT2D eigenvalue weighted by Gasteiger charge is 2.29. The molecular formula is C16H26F2. The maximum absolute atomic E-state index is 14.2. The first-order valence-electron chi connectivity index (χ1n) is 7.63. The number of hydrogen-bond donors (Lipinski definition) is 0. The molecule has 0 aromatic rings. The SMILES string of the molecule is CC1CCC(/C(F)=C(/F)C2CCC(C)CC2)CC1. The third-order valence-corrected chi connectivity index (χ3v) is 4.98. The van der Waals surface area contributed by atoms with Crippen molar-refractivity contribution in [2.75, 3.05) is 0 Å². The molecule has 2 rings (SSSR count). The Bertz CT molecular complexity index is 262. The second kappa shape index (κ2) is 6.16. The lowest BCUT2D eigenvalue weighted by atomic mass is 9.79. The van der Waals surface area contributed by atoms with E-state index in [0.29, 0.717) is 11.8 Å². The summed E-state index contributed by atoms with van der Waals surface area (Å²) in [4.78, 5) is 0. The fraction of sp³-hybridized carbons (Fsp3) is 0.875. The van der Waals surface area contributed by atoms with Gasteiger partial charge in [0.2, 0.25) is 0 Å². The van der Waals surface area contributed by atoms with E-state index in [-0.39, 0.29) is 11.8 Å². The van der Waals surface area contributed by atoms with E-state index in [9.17, 15) is 8.78 Å². The van der Waals surface area contributed by atoms with E-state index < -0.39 is 11.7 Å². The highest BCUT2D eigenvalue weighted by atomic mass is 19.2. The monoisotopic (exact) mass is 256 g/mol. The average molecular weight is 256 g/mol. The largest absolute Gasteiger partial charge is 0.209 e. The molecule has 0 heterocycles. The molecule has 0 spiro atoms. The van der Waals surface area contributed by atoms with Crippen molar-refractivity contribution < 1.29 is 8.78 Å². The Morgan fingerprint density at radius 3 is 1.17 bits per heavy atom. The molecule has 2 aliphatic carbocycles. The minimum atomic E-state index is -0.401. The van der Waals surface area contributed by atoms with Crippen LogP contribution in [0.2, 0.25) is 0 Å². The Hall–Kier alpha value is -0.400. The van der Waals surface area contributed by atoms with E-state index in [4.69, 9.17) is 0 Å². The van der Waals surface area contributed by atoms with Gasteiger partial charge in [0.15, 0.2) is 0 Å². The van der Waals surface area contributed by atoms with E-state index in [1.807, 2.05) is 0 Å². The van der Waals surface area contributed by atoms with Gasteiger partial charge in [-0.25, -0.2) is 8.78 Å². The summed E-state index contributed by atoms with van der Waals surface area (Å²) in [5, 5.41) is 0. The van der Waals surface area contributed by atoms with E-state index >= 15 is 0 Å². The summed E-state index contributed by atoms with van der Waals surface area (Å²) in [6, 6.07) is 0. The predicted octanol–water partition coefficient (Wildman–Crippen LogP) is 5.79. The molecule has 0 unspecified atom stereocenters. The first-order valence-corrected chi connectivity index (χ1v) is 7.63. The zero-order chi connectivity index (χ0) is 13.1. The van der Waals surface area contributed by atoms with Gasteiger partial charge < -0.3 is 0 Å². The lowest BCUT2D eigenvalue weighted by molar-refractivity contribution is 0.247. The summed E-state index contributed by atoms with van der Waals surface area (Å²) < 4.78 is 28.4. The van der Waals surface area contributed by atoms with Crippen molar-refractivity contribution in [3.05, 3.63) is 11.7 Å². The Morgan fingerprint density at radius 1 is 0.611 bits per heavy atom. The van der Waals surface area contributed by atoms with Gasteiger partial charge in [-0.3, -0.25) is 0 Å². The van der Waals surface area contributed by atoms with Gasteiger partial charge in [-0.2, -0.15) is 0 Å². The Balaban J connectivity index is 1.96. The van der Waals surface area contributed by atoms with Crippen molar-refractivity contribution in [3.8, 4) is 0 Å². The molecule has 0 aromatic carbocycles. The summed E-state index contributed by atoms with van der Waals surface area (Å²) in [6.07, 6.45) is 7.54. The first-order chi connectivity index (χ1) is 8.58. The van der Waals surface area contributed by atoms with Gasteiger partial charge in [0.25, 0.3) is 0 Å². The van der Waals surface area contributed by atoms with Crippen LogP contribution in [0.15, 0.2) is 11.7 Å². The molecule has 2 saturated carbocycles. The third kappa shape index (κ3) is 3.33. The Kier molecular flexibility index (Phi) is 4.80. The van der Waals surface area contributed by atoms with Gasteiger partial charge in [-0.1, -0.05) is 39.5 Å². The summed E-state index contributed by atoms with van der Waals surface area (Å²) in [7, 11) is 0. The molecule has 0 nitrogen and oxygen atoms in total. The smallest absolute Gasteiger partial charge is 0.135 e. The lowest BCUT2D eigenvalue weighted by Gasteiger charge is -2.28. The van der Waals surface area contributed by atoms with Crippen LogP contribution in [0.25, 0.3) is 0 Å². The number of hydrogen-bond acceptors (Lipinski definition) is 0. The van der Waals surface area contributed by atoms with E-state index in [2.05, 4.69) is 13.8 Å². The molecule has 0 bridgehead atoms. The van der Waals surface area contributed by atoms with Gasteiger partial charge >= 0.3 is 0 Å². The molecule has 18 heavy (non-hydrogen) atoms. The van der Waals surface area contributed by atoms with Gasteiger partial charge in [-0.05, 0) is 37.5 Å². The van der Waals surface area contributed by atoms with Crippen molar-refractivity contribution >= 4 is 0 Å². The van der Waals surface area contributed by atoms with Crippen LogP contribution in [-0.4, -0.2) is 0 Å². The van der Waals surface area contributed by atoms with Crippen LogP contribution in [-0.2, 0) is 0 Å². The Morgan fingerprint density at radius 2 is 0.889 bits per heavy atom. The molecule has 104 valence electrons. The maximum Gasteiger partial charge on any atom is 0.135 e. The zero-order valence-electron chi connectivity index (χ0n) is 11.7. The number of allylic oxidation sites excluding steroid dienone is 2. The van der Waals surface area contributed by atoms with Gasteiger partial charge in [0.1, 0.15) is 11.7 Å². The summed E-state index contributed by atoms with van der Waals surface area (Å²) >= 11 is 0. The highest BCUT2D eigenvalue weighted by Crippen LogP contribution is 2.40. The summed E-state index contributed by atoms with van der Waals surface area (Å²) in [5.41, 5.74) is 0. The lowest BCUT2D eigenvalue weighted by Crippen LogP contribution is -2.17. The predicted molar refractivity (Wildman–Crippen MR) is 71.5 cm³/mol. The van der Waals surface area contributed by atoms with E-state index in [1.165, 1.54) is 0 Å². The third-order valence-electron chi connectivity index (χ3n) is 4.98. The molecule has 0 radical (unpaired) electrons. The van der Waals surface area contributed by atoms with Gasteiger partial charge in [0, 0.05) is 11.8 Å². The fourth-order valence-corrected chi connectivity index (χ4v) is 3.42. The van der Waals surface area contributed by atoms with Gasteiger partial charge in [-0.15, -0.1) is 0 Å². The van der Waals surface area contributed by atoms with Crippen LogP contribution >= 0.6 is 0 Å². The maximum atomic E-state index is 14.2. The van der Waals surface area contributed by atoms with E-state index in [0.717, 1.165) is 51.4 Å². The summed E-state index contributed by atoms with van der Waals surface area (Å²) in [6.45, 7) is 4.41. The van der Waals surface area contributed by atoms with Crippen LogP contribution in [0.1, 0.15) is 65.2 Å². The average Bonchev–Trinajstić information content (AvgIpc) is 2.39. The zero-order valence-corrected chi connectivity index (χ0v) is 11.7. The molecule has 2 aliphatic rings. The molecular weight excluding hydrogens is 230 g/mol. The van der Waals surface area contributed by atoms with Crippen LogP contribution in [0.5, 0.6) is 0 Å². The van der Waals surface area contributed by atoms with Crippen molar-refractivity contribution in [1.82, 2.24) is 0 Å². The molecule has 0 aromatic heterocycles. The molecule has 0 aliphatic heterocycles. The normalized spacial score (nSPS) is 39.3. The van der Waals surface area contributed by atoms with Crippen molar-refractivity contribution in [2.24, 2.45) is 23.7 Å². The second-order valence-corrected chi connectivity index (χ2v) is 6.61. The molecule has 0 atom stereocenters.